The number of nitrogens with zero attached hydrogens (tertiary/aromatic N) is 1. The van der Waals surface area contributed by atoms with Crippen molar-refractivity contribution >= 4 is 12.4 Å². The third-order valence-electron chi connectivity index (χ3n) is 5.57. The minimum absolute atomic E-state index is 0. The SMILES string of the molecule is C=CCCN1CC[C@H](c2ccc(F)cc2)[C@@H](COc2ccc3c(c2)OCO3)C1.Cl. The van der Waals surface area contributed by atoms with E-state index in [1.165, 1.54) is 5.56 Å². The summed E-state index contributed by atoms with van der Waals surface area (Å²) in [6.07, 6.45) is 3.99. The number of benzene rings is 2. The second-order valence-corrected chi connectivity index (χ2v) is 7.41. The van der Waals surface area contributed by atoms with E-state index in [1.807, 2.05) is 36.4 Å². The molecule has 2 aliphatic heterocycles. The average Bonchev–Trinajstić information content (AvgIpc) is 3.19. The molecular weight excluding hydrogens is 393 g/mol. The number of likely N-dealkylation sites (tertiary alicyclic amines) is 1. The van der Waals surface area contributed by atoms with E-state index in [0.717, 1.165) is 49.7 Å². The highest BCUT2D eigenvalue weighted by Crippen LogP contribution is 2.37. The number of hydrogen-bond acceptors (Lipinski definition) is 4. The van der Waals surface area contributed by atoms with E-state index >= 15 is 0 Å². The van der Waals surface area contributed by atoms with Crippen LogP contribution in [0.3, 0.4) is 0 Å². The first-order chi connectivity index (χ1) is 13.7. The Morgan fingerprint density at radius 1 is 1.14 bits per heavy atom. The number of fused-ring (bicyclic) bond motifs is 1. The summed E-state index contributed by atoms with van der Waals surface area (Å²) in [6.45, 7) is 7.70. The van der Waals surface area contributed by atoms with Crippen LogP contribution in [-0.2, 0) is 0 Å². The summed E-state index contributed by atoms with van der Waals surface area (Å²) in [5.74, 6) is 2.75. The Bertz CT molecular complexity index is 814. The zero-order valence-electron chi connectivity index (χ0n) is 16.4. The molecule has 0 radical (unpaired) electrons. The van der Waals surface area contributed by atoms with E-state index in [1.54, 1.807) is 12.1 Å². The Balaban J connectivity index is 0.00000240. The van der Waals surface area contributed by atoms with Gasteiger partial charge in [0.25, 0.3) is 0 Å². The molecule has 1 saturated heterocycles. The van der Waals surface area contributed by atoms with Gasteiger partial charge in [0.05, 0.1) is 6.61 Å². The molecule has 0 bridgehead atoms. The smallest absolute Gasteiger partial charge is 0.231 e. The summed E-state index contributed by atoms with van der Waals surface area (Å²) in [5.41, 5.74) is 1.18. The van der Waals surface area contributed by atoms with Gasteiger partial charge in [0.15, 0.2) is 11.5 Å². The van der Waals surface area contributed by atoms with Gasteiger partial charge in [-0.1, -0.05) is 18.2 Å². The van der Waals surface area contributed by atoms with Crippen molar-refractivity contribution in [1.82, 2.24) is 4.90 Å². The highest BCUT2D eigenvalue weighted by Gasteiger charge is 2.31. The lowest BCUT2D eigenvalue weighted by Crippen LogP contribution is -2.42. The molecule has 1 fully saturated rings. The molecule has 4 rings (SSSR count). The van der Waals surface area contributed by atoms with Crippen LogP contribution in [-0.4, -0.2) is 37.9 Å². The molecule has 2 aromatic rings. The quantitative estimate of drug-likeness (QED) is 0.588. The van der Waals surface area contributed by atoms with Crippen LogP contribution < -0.4 is 14.2 Å². The third-order valence-corrected chi connectivity index (χ3v) is 5.57. The van der Waals surface area contributed by atoms with E-state index < -0.39 is 0 Å². The molecule has 0 spiro atoms. The lowest BCUT2D eigenvalue weighted by atomic mass is 9.81. The lowest BCUT2D eigenvalue weighted by Gasteiger charge is -2.38. The molecule has 0 unspecified atom stereocenters. The van der Waals surface area contributed by atoms with Crippen molar-refractivity contribution in [2.75, 3.05) is 33.0 Å². The van der Waals surface area contributed by atoms with Gasteiger partial charge in [-0.3, -0.25) is 0 Å². The standard InChI is InChI=1S/C23H26FNO3.ClH/c1-2-3-11-25-12-10-21(17-4-6-19(24)7-5-17)18(14-25)15-26-20-8-9-22-23(13-20)28-16-27-22;/h2,4-9,13,18,21H,1,3,10-12,14-16H2;1H/t18-,21-;/m1./s1. The molecule has 0 aliphatic carbocycles. The maximum atomic E-state index is 13.4. The first-order valence-electron chi connectivity index (χ1n) is 9.84. The Morgan fingerprint density at radius 3 is 2.72 bits per heavy atom. The molecule has 156 valence electrons. The van der Waals surface area contributed by atoms with Crippen LogP contribution in [0, 0.1) is 11.7 Å². The third kappa shape index (κ3) is 5.22. The molecule has 2 aromatic carbocycles. The molecular formula is C23H27ClFNO3. The van der Waals surface area contributed by atoms with Crippen molar-refractivity contribution in [3.63, 3.8) is 0 Å². The molecule has 4 nitrogen and oxygen atoms in total. The zero-order valence-corrected chi connectivity index (χ0v) is 17.2. The van der Waals surface area contributed by atoms with Crippen LogP contribution >= 0.6 is 12.4 Å². The molecule has 2 atom stereocenters. The fourth-order valence-electron chi connectivity index (χ4n) is 4.07. The number of ether oxygens (including phenoxy) is 3. The molecule has 2 heterocycles. The van der Waals surface area contributed by atoms with Crippen LogP contribution in [0.15, 0.2) is 55.1 Å². The van der Waals surface area contributed by atoms with Gasteiger partial charge >= 0.3 is 0 Å². The Hall–Kier alpha value is -2.24. The van der Waals surface area contributed by atoms with Crippen molar-refractivity contribution < 1.29 is 18.6 Å². The van der Waals surface area contributed by atoms with Crippen LogP contribution in [0.1, 0.15) is 24.3 Å². The Labute approximate surface area is 177 Å². The molecule has 0 amide bonds. The van der Waals surface area contributed by atoms with Gasteiger partial charge in [0.1, 0.15) is 11.6 Å². The number of piperidine rings is 1. The molecule has 0 aromatic heterocycles. The van der Waals surface area contributed by atoms with Crippen molar-refractivity contribution in [1.29, 1.82) is 0 Å². The topological polar surface area (TPSA) is 30.9 Å². The van der Waals surface area contributed by atoms with Gasteiger partial charge in [-0.25, -0.2) is 4.39 Å². The zero-order chi connectivity index (χ0) is 19.3. The first-order valence-corrected chi connectivity index (χ1v) is 9.84. The minimum atomic E-state index is -0.194. The predicted molar refractivity (Wildman–Crippen MR) is 114 cm³/mol. The Kier molecular flexibility index (Phi) is 7.40. The first kappa shape index (κ1) is 21.5. The summed E-state index contributed by atoms with van der Waals surface area (Å²) >= 11 is 0. The molecule has 0 N–H and O–H groups in total. The van der Waals surface area contributed by atoms with Crippen LogP contribution in [0.25, 0.3) is 0 Å². The maximum absolute atomic E-state index is 13.4. The van der Waals surface area contributed by atoms with Crippen molar-refractivity contribution in [2.45, 2.75) is 18.8 Å². The fourth-order valence-corrected chi connectivity index (χ4v) is 4.07. The monoisotopic (exact) mass is 419 g/mol. The second kappa shape index (κ2) is 9.99. The number of rotatable bonds is 7. The highest BCUT2D eigenvalue weighted by atomic mass is 35.5. The predicted octanol–water partition coefficient (Wildman–Crippen LogP) is 5.04. The van der Waals surface area contributed by atoms with Crippen molar-refractivity contribution in [3.05, 3.63) is 66.5 Å². The molecule has 0 saturated carbocycles. The van der Waals surface area contributed by atoms with Gasteiger partial charge < -0.3 is 19.1 Å². The van der Waals surface area contributed by atoms with Gasteiger partial charge in [0, 0.05) is 25.1 Å². The summed E-state index contributed by atoms with van der Waals surface area (Å²) in [4.78, 5) is 2.47. The Morgan fingerprint density at radius 2 is 1.93 bits per heavy atom. The van der Waals surface area contributed by atoms with Crippen LogP contribution in [0.5, 0.6) is 17.2 Å². The van der Waals surface area contributed by atoms with Gasteiger partial charge in [0.2, 0.25) is 6.79 Å². The number of halogens is 2. The van der Waals surface area contributed by atoms with Crippen molar-refractivity contribution in [2.24, 2.45) is 5.92 Å². The van der Waals surface area contributed by atoms with Crippen LogP contribution in [0.2, 0.25) is 0 Å². The summed E-state index contributed by atoms with van der Waals surface area (Å²) in [6, 6.07) is 12.6. The second-order valence-electron chi connectivity index (χ2n) is 7.41. The van der Waals surface area contributed by atoms with Gasteiger partial charge in [-0.15, -0.1) is 19.0 Å². The van der Waals surface area contributed by atoms with Gasteiger partial charge in [-0.05, 0) is 55.1 Å². The van der Waals surface area contributed by atoms with E-state index in [9.17, 15) is 4.39 Å². The normalized spacial score (nSPS) is 20.7. The summed E-state index contributed by atoms with van der Waals surface area (Å²) in [5, 5.41) is 0. The number of hydrogen-bond donors (Lipinski definition) is 0. The average molecular weight is 420 g/mol. The molecule has 6 heteroatoms. The molecule has 29 heavy (non-hydrogen) atoms. The largest absolute Gasteiger partial charge is 0.493 e. The van der Waals surface area contributed by atoms with E-state index in [4.69, 9.17) is 14.2 Å². The van der Waals surface area contributed by atoms with E-state index in [2.05, 4.69) is 11.5 Å². The van der Waals surface area contributed by atoms with E-state index in [0.29, 0.717) is 18.4 Å². The minimum Gasteiger partial charge on any atom is -0.493 e. The van der Waals surface area contributed by atoms with Gasteiger partial charge in [-0.2, -0.15) is 0 Å². The maximum Gasteiger partial charge on any atom is 0.231 e. The van der Waals surface area contributed by atoms with Crippen molar-refractivity contribution in [3.8, 4) is 17.2 Å². The fraction of sp³-hybridized carbons (Fsp3) is 0.391. The summed E-state index contributed by atoms with van der Waals surface area (Å²) in [7, 11) is 0. The summed E-state index contributed by atoms with van der Waals surface area (Å²) < 4.78 is 30.3. The van der Waals surface area contributed by atoms with E-state index in [-0.39, 0.29) is 25.0 Å². The van der Waals surface area contributed by atoms with Crippen LogP contribution in [0.4, 0.5) is 4.39 Å². The lowest BCUT2D eigenvalue weighted by molar-refractivity contribution is 0.112. The highest BCUT2D eigenvalue weighted by molar-refractivity contribution is 5.85. The molecule has 2 aliphatic rings.